The molecule has 128 valence electrons. The van der Waals surface area contributed by atoms with Crippen LogP contribution >= 0.6 is 12.6 Å². The number of thiol groups is 1. The fourth-order valence-electron chi connectivity index (χ4n) is 3.43. The van der Waals surface area contributed by atoms with Crippen molar-refractivity contribution in [2.45, 2.75) is 37.4 Å². The minimum absolute atomic E-state index is 0.0212. The summed E-state index contributed by atoms with van der Waals surface area (Å²) in [6.45, 7) is 0.0212. The summed E-state index contributed by atoms with van der Waals surface area (Å²) in [6, 6.07) is 9.36. The van der Waals surface area contributed by atoms with E-state index in [1.165, 1.54) is 0 Å². The molecule has 2 rings (SSSR count). The van der Waals surface area contributed by atoms with Gasteiger partial charge in [-0.3, -0.25) is 9.59 Å². The van der Waals surface area contributed by atoms with Crippen molar-refractivity contribution in [1.29, 1.82) is 5.26 Å². The van der Waals surface area contributed by atoms with Crippen molar-refractivity contribution in [3.05, 3.63) is 35.4 Å². The number of carboxylic acids is 1. The summed E-state index contributed by atoms with van der Waals surface area (Å²) in [5, 5.41) is 20.1. The Labute approximate surface area is 147 Å². The van der Waals surface area contributed by atoms with E-state index in [0.29, 0.717) is 0 Å². The van der Waals surface area contributed by atoms with Gasteiger partial charge < -0.3 is 10.4 Å². The third kappa shape index (κ3) is 4.75. The molecule has 1 saturated carbocycles. The lowest BCUT2D eigenvalue weighted by Crippen LogP contribution is -2.38. The van der Waals surface area contributed by atoms with Gasteiger partial charge in [0, 0.05) is 11.2 Å². The maximum Gasteiger partial charge on any atom is 0.307 e. The molecule has 6 heteroatoms. The van der Waals surface area contributed by atoms with E-state index in [2.05, 4.69) is 5.32 Å². The molecule has 0 spiro atoms. The minimum atomic E-state index is -0.866. The number of benzene rings is 1. The van der Waals surface area contributed by atoms with Crippen LogP contribution in [0.3, 0.4) is 0 Å². The molecule has 5 nitrogen and oxygen atoms in total. The fourth-order valence-corrected chi connectivity index (χ4v) is 3.95. The molecule has 2 N–H and O–H groups in total. The second-order valence-electron chi connectivity index (χ2n) is 6.19. The van der Waals surface area contributed by atoms with Gasteiger partial charge in [0.15, 0.2) is 0 Å². The number of rotatable bonds is 6. The van der Waals surface area contributed by atoms with Crippen LogP contribution < -0.4 is 5.32 Å². The number of nitrogens with zero attached hydrogens (tertiary/aromatic N) is 1. The molecular formula is C18H22N2O3S. The van der Waals surface area contributed by atoms with Crippen LogP contribution in [-0.4, -0.2) is 23.5 Å². The van der Waals surface area contributed by atoms with Crippen LogP contribution in [0.25, 0.3) is 0 Å². The molecule has 0 bridgehead atoms. The number of nitrogens with one attached hydrogen (secondary N) is 1. The highest BCUT2D eigenvalue weighted by Gasteiger charge is 2.35. The topological polar surface area (TPSA) is 90.2 Å². The smallest absolute Gasteiger partial charge is 0.307 e. The van der Waals surface area contributed by atoms with Gasteiger partial charge in [-0.1, -0.05) is 37.1 Å². The second kappa shape index (κ2) is 8.74. The maximum atomic E-state index is 12.3. The molecule has 24 heavy (non-hydrogen) atoms. The molecule has 1 aromatic rings. The molecular weight excluding hydrogens is 324 g/mol. The van der Waals surface area contributed by atoms with E-state index in [-0.39, 0.29) is 36.0 Å². The Morgan fingerprint density at radius 1 is 1.38 bits per heavy atom. The standard InChI is InChI=1S/C18H22N2O3S/c19-8-9-20-18(23)15-7-2-1-6-14(15)17(24)13-5-3-4-12(10-13)11-16(21)22/h3-5,10,14-15,17,24H,1-2,6-7,9,11H2,(H,20,23)(H,21,22)/t14-,15-,17?/m0/s1. The van der Waals surface area contributed by atoms with Gasteiger partial charge in [0.25, 0.3) is 0 Å². The lowest BCUT2D eigenvalue weighted by Gasteiger charge is -2.34. The zero-order valence-electron chi connectivity index (χ0n) is 13.4. The van der Waals surface area contributed by atoms with Gasteiger partial charge in [-0.25, -0.2) is 0 Å². The van der Waals surface area contributed by atoms with E-state index in [0.717, 1.165) is 36.8 Å². The Kier molecular flexibility index (Phi) is 6.68. The molecule has 1 aliphatic rings. The van der Waals surface area contributed by atoms with E-state index < -0.39 is 5.97 Å². The third-order valence-electron chi connectivity index (χ3n) is 4.55. The SMILES string of the molecule is N#CCNC(=O)[C@H]1CCCC[C@@H]1C(S)c1cccc(CC(=O)O)c1. The van der Waals surface area contributed by atoms with E-state index >= 15 is 0 Å². The van der Waals surface area contributed by atoms with Gasteiger partial charge in [-0.2, -0.15) is 17.9 Å². The molecule has 1 aromatic carbocycles. The lowest BCUT2D eigenvalue weighted by molar-refractivity contribution is -0.136. The Balaban J connectivity index is 2.16. The largest absolute Gasteiger partial charge is 0.481 e. The Morgan fingerprint density at radius 2 is 2.12 bits per heavy atom. The minimum Gasteiger partial charge on any atom is -0.481 e. The normalized spacial score (nSPS) is 21.5. The fraction of sp³-hybridized carbons (Fsp3) is 0.500. The quantitative estimate of drug-likeness (QED) is 0.546. The molecule has 0 radical (unpaired) electrons. The van der Waals surface area contributed by atoms with Crippen LogP contribution in [0.2, 0.25) is 0 Å². The third-order valence-corrected chi connectivity index (χ3v) is 5.23. The molecule has 0 heterocycles. The van der Waals surface area contributed by atoms with Gasteiger partial charge >= 0.3 is 5.97 Å². The first-order valence-corrected chi connectivity index (χ1v) is 8.68. The number of nitriles is 1. The van der Waals surface area contributed by atoms with Crippen molar-refractivity contribution in [2.75, 3.05) is 6.54 Å². The van der Waals surface area contributed by atoms with Crippen LogP contribution in [0.15, 0.2) is 24.3 Å². The highest BCUT2D eigenvalue weighted by atomic mass is 32.1. The zero-order chi connectivity index (χ0) is 17.5. The highest BCUT2D eigenvalue weighted by Crippen LogP contribution is 2.42. The van der Waals surface area contributed by atoms with Crippen molar-refractivity contribution in [3.63, 3.8) is 0 Å². The molecule has 3 atom stereocenters. The average Bonchev–Trinajstić information content (AvgIpc) is 2.58. The monoisotopic (exact) mass is 346 g/mol. The number of amides is 1. The second-order valence-corrected chi connectivity index (χ2v) is 6.75. The number of carbonyl (C=O) groups excluding carboxylic acids is 1. The van der Waals surface area contributed by atoms with Crippen molar-refractivity contribution >= 4 is 24.5 Å². The average molecular weight is 346 g/mol. The van der Waals surface area contributed by atoms with Crippen LogP contribution in [0.4, 0.5) is 0 Å². The molecule has 1 amide bonds. The van der Waals surface area contributed by atoms with E-state index in [1.54, 1.807) is 6.07 Å². The van der Waals surface area contributed by atoms with Crippen molar-refractivity contribution < 1.29 is 14.7 Å². The van der Waals surface area contributed by atoms with E-state index in [1.807, 2.05) is 24.3 Å². The summed E-state index contributed by atoms with van der Waals surface area (Å²) in [7, 11) is 0. The summed E-state index contributed by atoms with van der Waals surface area (Å²) in [4.78, 5) is 23.2. The predicted molar refractivity (Wildman–Crippen MR) is 93.6 cm³/mol. The predicted octanol–water partition coefficient (Wildman–Crippen LogP) is 2.73. The Hall–Kier alpha value is -2.00. The Bertz CT molecular complexity index is 641. The first-order chi connectivity index (χ1) is 11.5. The molecule has 1 unspecified atom stereocenters. The maximum absolute atomic E-state index is 12.3. The van der Waals surface area contributed by atoms with Crippen molar-refractivity contribution in [1.82, 2.24) is 5.32 Å². The molecule has 0 aromatic heterocycles. The zero-order valence-corrected chi connectivity index (χ0v) is 14.3. The number of carboxylic acid groups (broad SMARTS) is 1. The van der Waals surface area contributed by atoms with Crippen LogP contribution in [0, 0.1) is 23.2 Å². The molecule has 0 saturated heterocycles. The summed E-state index contributed by atoms with van der Waals surface area (Å²) in [5.41, 5.74) is 1.68. The number of hydrogen-bond acceptors (Lipinski definition) is 4. The van der Waals surface area contributed by atoms with Crippen LogP contribution in [-0.2, 0) is 16.0 Å². The van der Waals surface area contributed by atoms with Gasteiger partial charge in [-0.05, 0) is 29.9 Å². The van der Waals surface area contributed by atoms with Gasteiger partial charge in [0.2, 0.25) is 5.91 Å². The van der Waals surface area contributed by atoms with E-state index in [4.69, 9.17) is 23.0 Å². The number of aliphatic carboxylic acids is 1. The lowest BCUT2D eigenvalue weighted by atomic mass is 9.75. The molecule has 1 aliphatic carbocycles. The Morgan fingerprint density at radius 3 is 2.83 bits per heavy atom. The summed E-state index contributed by atoms with van der Waals surface area (Å²) >= 11 is 4.75. The van der Waals surface area contributed by atoms with Gasteiger partial charge in [0.05, 0.1) is 12.5 Å². The van der Waals surface area contributed by atoms with Crippen molar-refractivity contribution in [2.24, 2.45) is 11.8 Å². The summed E-state index contributed by atoms with van der Waals surface area (Å²) < 4.78 is 0. The van der Waals surface area contributed by atoms with E-state index in [9.17, 15) is 9.59 Å². The molecule has 1 fully saturated rings. The van der Waals surface area contributed by atoms with Gasteiger partial charge in [0.1, 0.15) is 6.54 Å². The van der Waals surface area contributed by atoms with Crippen LogP contribution in [0.1, 0.15) is 42.1 Å². The summed E-state index contributed by atoms with van der Waals surface area (Å²) in [5.74, 6) is -1.02. The summed E-state index contributed by atoms with van der Waals surface area (Å²) in [6.07, 6.45) is 3.74. The van der Waals surface area contributed by atoms with Crippen LogP contribution in [0.5, 0.6) is 0 Å². The first-order valence-electron chi connectivity index (χ1n) is 8.16. The molecule has 0 aliphatic heterocycles. The number of carbonyl (C=O) groups is 2. The first kappa shape index (κ1) is 18.3. The highest BCUT2D eigenvalue weighted by molar-refractivity contribution is 7.80. The van der Waals surface area contributed by atoms with Crippen molar-refractivity contribution in [3.8, 4) is 6.07 Å². The number of hydrogen-bond donors (Lipinski definition) is 3. The van der Waals surface area contributed by atoms with Gasteiger partial charge in [-0.15, -0.1) is 0 Å².